The Kier molecular flexibility index (Phi) is 1.84. The van der Waals surface area contributed by atoms with E-state index in [1.54, 1.807) is 16.8 Å². The number of aromatic nitrogens is 4. The van der Waals surface area contributed by atoms with E-state index in [0.717, 1.165) is 18.7 Å². The van der Waals surface area contributed by atoms with E-state index in [9.17, 15) is 4.79 Å². The summed E-state index contributed by atoms with van der Waals surface area (Å²) in [5.74, 6) is 0.842. The molecule has 0 saturated heterocycles. The van der Waals surface area contributed by atoms with Gasteiger partial charge in [-0.2, -0.15) is 5.10 Å². The summed E-state index contributed by atoms with van der Waals surface area (Å²) in [6.07, 6.45) is 5.18. The molecule has 0 aliphatic heterocycles. The molecule has 0 spiro atoms. The minimum atomic E-state index is -0.246. The van der Waals surface area contributed by atoms with Crippen LogP contribution in [0.1, 0.15) is 19.2 Å². The highest BCUT2D eigenvalue weighted by Crippen LogP contribution is 1.99. The molecule has 0 unspecified atom stereocenters. The Morgan fingerprint density at radius 2 is 2.46 bits per heavy atom. The number of H-pyrrole nitrogens is 1. The summed E-state index contributed by atoms with van der Waals surface area (Å²) in [6.45, 7) is 2.07. The van der Waals surface area contributed by atoms with Gasteiger partial charge in [-0.25, -0.2) is 10.1 Å². The fraction of sp³-hybridized carbons (Fsp3) is 0.375. The van der Waals surface area contributed by atoms with Crippen LogP contribution < -0.4 is 5.56 Å². The molecule has 2 aromatic heterocycles. The van der Waals surface area contributed by atoms with Crippen LogP contribution in [0.15, 0.2) is 17.2 Å². The zero-order valence-electron chi connectivity index (χ0n) is 7.32. The number of aromatic amines is 1. The third kappa shape index (κ3) is 1.22. The lowest BCUT2D eigenvalue weighted by Crippen LogP contribution is -2.15. The average molecular weight is 178 g/mol. The number of aryl methyl sites for hydroxylation is 1. The average Bonchev–Trinajstić information content (AvgIpc) is 2.59. The van der Waals surface area contributed by atoms with Crippen molar-refractivity contribution in [3.8, 4) is 0 Å². The van der Waals surface area contributed by atoms with Gasteiger partial charge in [0.25, 0.3) is 0 Å². The van der Waals surface area contributed by atoms with Crippen molar-refractivity contribution < 1.29 is 0 Å². The SMILES string of the molecule is CCCc1n[nH]c(=O)c2nccn12. The Bertz CT molecular complexity index is 470. The van der Waals surface area contributed by atoms with Gasteiger partial charge >= 0.3 is 5.56 Å². The van der Waals surface area contributed by atoms with Gasteiger partial charge in [0.2, 0.25) is 5.65 Å². The normalized spacial score (nSPS) is 10.8. The first-order valence-corrected chi connectivity index (χ1v) is 4.23. The molecule has 0 amide bonds. The molecular weight excluding hydrogens is 168 g/mol. The zero-order chi connectivity index (χ0) is 9.26. The molecule has 0 aliphatic rings. The number of nitrogens with zero attached hydrogens (tertiary/aromatic N) is 3. The van der Waals surface area contributed by atoms with E-state index in [2.05, 4.69) is 22.1 Å². The molecule has 0 atom stereocenters. The van der Waals surface area contributed by atoms with Crippen LogP contribution in [0.5, 0.6) is 0 Å². The Balaban J connectivity index is 2.71. The van der Waals surface area contributed by atoms with Gasteiger partial charge in [0.1, 0.15) is 5.82 Å². The maximum Gasteiger partial charge on any atom is 0.307 e. The van der Waals surface area contributed by atoms with E-state index in [4.69, 9.17) is 0 Å². The van der Waals surface area contributed by atoms with Crippen molar-refractivity contribution in [1.29, 1.82) is 0 Å². The summed E-state index contributed by atoms with van der Waals surface area (Å²) >= 11 is 0. The van der Waals surface area contributed by atoms with Crippen molar-refractivity contribution in [2.24, 2.45) is 0 Å². The molecule has 0 aliphatic carbocycles. The third-order valence-electron chi connectivity index (χ3n) is 1.88. The van der Waals surface area contributed by atoms with Crippen molar-refractivity contribution in [3.05, 3.63) is 28.6 Å². The fourth-order valence-electron chi connectivity index (χ4n) is 1.30. The molecule has 0 bridgehead atoms. The van der Waals surface area contributed by atoms with Gasteiger partial charge in [-0.1, -0.05) is 6.92 Å². The number of hydrogen-bond acceptors (Lipinski definition) is 3. The predicted octanol–water partition coefficient (Wildman–Crippen LogP) is 0.370. The summed E-state index contributed by atoms with van der Waals surface area (Å²) in [4.78, 5) is 15.1. The lowest BCUT2D eigenvalue weighted by atomic mass is 10.3. The smallest absolute Gasteiger partial charge is 0.282 e. The van der Waals surface area contributed by atoms with Gasteiger partial charge in [-0.3, -0.25) is 9.20 Å². The van der Waals surface area contributed by atoms with E-state index in [1.807, 2.05) is 0 Å². The fourth-order valence-corrected chi connectivity index (χ4v) is 1.30. The van der Waals surface area contributed by atoms with Crippen LogP contribution >= 0.6 is 0 Å². The van der Waals surface area contributed by atoms with E-state index >= 15 is 0 Å². The Labute approximate surface area is 74.4 Å². The van der Waals surface area contributed by atoms with Crippen molar-refractivity contribution in [2.45, 2.75) is 19.8 Å². The Morgan fingerprint density at radius 3 is 3.23 bits per heavy atom. The molecule has 5 nitrogen and oxygen atoms in total. The number of imidazole rings is 1. The largest absolute Gasteiger partial charge is 0.307 e. The number of nitrogens with one attached hydrogen (secondary N) is 1. The predicted molar refractivity (Wildman–Crippen MR) is 47.6 cm³/mol. The van der Waals surface area contributed by atoms with Crippen LogP contribution in [0.3, 0.4) is 0 Å². The van der Waals surface area contributed by atoms with Gasteiger partial charge in [0, 0.05) is 18.8 Å². The second-order valence-corrected chi connectivity index (χ2v) is 2.84. The molecule has 1 N–H and O–H groups in total. The molecule has 2 heterocycles. The highest BCUT2D eigenvalue weighted by atomic mass is 16.1. The van der Waals surface area contributed by atoms with Crippen molar-refractivity contribution in [2.75, 3.05) is 0 Å². The lowest BCUT2D eigenvalue weighted by Gasteiger charge is -1.99. The zero-order valence-corrected chi connectivity index (χ0v) is 7.32. The summed E-state index contributed by atoms with van der Waals surface area (Å²) in [7, 11) is 0. The van der Waals surface area contributed by atoms with Gasteiger partial charge in [-0.05, 0) is 6.42 Å². The highest BCUT2D eigenvalue weighted by Gasteiger charge is 2.04. The number of fused-ring (bicyclic) bond motifs is 1. The summed E-state index contributed by atoms with van der Waals surface area (Å²) < 4.78 is 1.72. The standard InChI is InChI=1S/C8H10N4O/c1-2-3-6-10-11-8(13)7-9-4-5-12(6)7/h4-5H,2-3H2,1H3,(H,11,13). The molecule has 2 aromatic rings. The minimum absolute atomic E-state index is 0.246. The van der Waals surface area contributed by atoms with Gasteiger partial charge in [0.05, 0.1) is 0 Å². The van der Waals surface area contributed by atoms with E-state index in [1.165, 1.54) is 0 Å². The first-order valence-electron chi connectivity index (χ1n) is 4.23. The van der Waals surface area contributed by atoms with Crippen LogP contribution in [0.4, 0.5) is 0 Å². The van der Waals surface area contributed by atoms with Crippen LogP contribution in [-0.2, 0) is 6.42 Å². The first-order chi connectivity index (χ1) is 6.33. The second-order valence-electron chi connectivity index (χ2n) is 2.84. The number of rotatable bonds is 2. The summed E-state index contributed by atoms with van der Waals surface area (Å²) in [6, 6.07) is 0. The van der Waals surface area contributed by atoms with Crippen LogP contribution in [0.2, 0.25) is 0 Å². The topological polar surface area (TPSA) is 63.0 Å². The molecule has 2 rings (SSSR count). The molecule has 13 heavy (non-hydrogen) atoms. The van der Waals surface area contributed by atoms with Crippen LogP contribution in [-0.4, -0.2) is 19.6 Å². The van der Waals surface area contributed by atoms with Crippen molar-refractivity contribution in [1.82, 2.24) is 19.6 Å². The summed E-state index contributed by atoms with van der Waals surface area (Å²) in [5.41, 5.74) is 0.170. The molecule has 5 heteroatoms. The van der Waals surface area contributed by atoms with Crippen molar-refractivity contribution in [3.63, 3.8) is 0 Å². The number of hydrogen-bond donors (Lipinski definition) is 1. The van der Waals surface area contributed by atoms with Crippen LogP contribution in [0, 0.1) is 0 Å². The lowest BCUT2D eigenvalue weighted by molar-refractivity contribution is 0.757. The molecule has 68 valence electrons. The van der Waals surface area contributed by atoms with E-state index in [0.29, 0.717) is 5.65 Å². The monoisotopic (exact) mass is 178 g/mol. The molecular formula is C8H10N4O. The van der Waals surface area contributed by atoms with Gasteiger partial charge in [-0.15, -0.1) is 0 Å². The maximum absolute atomic E-state index is 11.2. The first kappa shape index (κ1) is 7.97. The molecule has 0 aromatic carbocycles. The quantitative estimate of drug-likeness (QED) is 0.722. The van der Waals surface area contributed by atoms with E-state index in [-0.39, 0.29) is 5.56 Å². The Morgan fingerprint density at radius 1 is 1.62 bits per heavy atom. The maximum atomic E-state index is 11.2. The highest BCUT2D eigenvalue weighted by molar-refractivity contribution is 5.34. The van der Waals surface area contributed by atoms with E-state index < -0.39 is 0 Å². The molecule has 0 saturated carbocycles. The van der Waals surface area contributed by atoms with Gasteiger partial charge in [0.15, 0.2) is 0 Å². The second kappa shape index (κ2) is 3.01. The minimum Gasteiger partial charge on any atom is -0.282 e. The summed E-state index contributed by atoms with van der Waals surface area (Å²) in [5, 5.41) is 6.38. The van der Waals surface area contributed by atoms with Gasteiger partial charge < -0.3 is 0 Å². The Hall–Kier alpha value is -1.65. The van der Waals surface area contributed by atoms with Crippen LogP contribution in [0.25, 0.3) is 5.65 Å². The third-order valence-corrected chi connectivity index (χ3v) is 1.88. The van der Waals surface area contributed by atoms with Crippen molar-refractivity contribution >= 4 is 5.65 Å². The molecule has 0 radical (unpaired) electrons. The molecule has 0 fully saturated rings.